The van der Waals surface area contributed by atoms with Gasteiger partial charge in [0.1, 0.15) is 6.33 Å². The number of amides is 2. The largest absolute Gasteiger partial charge is 0.385 e. The molecule has 0 aliphatic carbocycles. The molecule has 2 amide bonds. The molecule has 1 aromatic rings. The van der Waals surface area contributed by atoms with Gasteiger partial charge in [0.2, 0.25) is 5.91 Å². The molecule has 0 unspecified atom stereocenters. The molecule has 1 aromatic heterocycles. The molecule has 0 atom stereocenters. The Bertz CT molecular complexity index is 641. The second-order valence-electron chi connectivity index (χ2n) is 7.15. The van der Waals surface area contributed by atoms with E-state index >= 15 is 0 Å². The van der Waals surface area contributed by atoms with E-state index < -0.39 is 0 Å². The summed E-state index contributed by atoms with van der Waals surface area (Å²) < 4.78 is 5.07. The topological polar surface area (TPSA) is 75.6 Å². The number of aryl methyl sites for hydroxylation is 1. The molecule has 7 nitrogen and oxygen atoms in total. The van der Waals surface area contributed by atoms with Crippen molar-refractivity contribution in [1.29, 1.82) is 0 Å². The molecule has 3 heterocycles. The molecule has 2 saturated heterocycles. The first kappa shape index (κ1) is 17.8. The summed E-state index contributed by atoms with van der Waals surface area (Å²) in [7, 11) is 1.68. The van der Waals surface area contributed by atoms with E-state index in [-0.39, 0.29) is 17.2 Å². The van der Waals surface area contributed by atoms with Crippen molar-refractivity contribution in [3.63, 3.8) is 0 Å². The van der Waals surface area contributed by atoms with E-state index in [2.05, 4.69) is 9.97 Å². The number of carbonyl (C=O) groups excluding carboxylic acids is 2. The SMILES string of the molecule is COCCCN1CC2(CCN(C(=O)c3cncnc3C)CC2)CC1=O. The third kappa shape index (κ3) is 3.81. The van der Waals surface area contributed by atoms with Crippen LogP contribution in [0.15, 0.2) is 12.5 Å². The highest BCUT2D eigenvalue weighted by Crippen LogP contribution is 2.41. The van der Waals surface area contributed by atoms with Crippen molar-refractivity contribution in [1.82, 2.24) is 19.8 Å². The van der Waals surface area contributed by atoms with E-state index in [1.165, 1.54) is 6.33 Å². The van der Waals surface area contributed by atoms with Crippen LogP contribution in [0.25, 0.3) is 0 Å². The zero-order valence-electron chi connectivity index (χ0n) is 15.0. The summed E-state index contributed by atoms with van der Waals surface area (Å²) in [6.45, 7) is 5.45. The molecule has 136 valence electrons. The fraction of sp³-hybridized carbons (Fsp3) is 0.667. The molecule has 2 fully saturated rings. The predicted octanol–water partition coefficient (Wildman–Crippen LogP) is 1.28. The van der Waals surface area contributed by atoms with Crippen LogP contribution in [0, 0.1) is 12.3 Å². The van der Waals surface area contributed by atoms with Gasteiger partial charge in [-0.1, -0.05) is 0 Å². The van der Waals surface area contributed by atoms with Crippen molar-refractivity contribution in [3.05, 3.63) is 23.8 Å². The van der Waals surface area contributed by atoms with Crippen LogP contribution in [0.3, 0.4) is 0 Å². The van der Waals surface area contributed by atoms with Gasteiger partial charge in [0.15, 0.2) is 0 Å². The van der Waals surface area contributed by atoms with Gasteiger partial charge in [-0.05, 0) is 26.2 Å². The van der Waals surface area contributed by atoms with Crippen molar-refractivity contribution >= 4 is 11.8 Å². The summed E-state index contributed by atoms with van der Waals surface area (Å²) in [5.41, 5.74) is 1.31. The van der Waals surface area contributed by atoms with Crippen LogP contribution in [0.4, 0.5) is 0 Å². The van der Waals surface area contributed by atoms with Crippen molar-refractivity contribution in [3.8, 4) is 0 Å². The van der Waals surface area contributed by atoms with Crippen LogP contribution < -0.4 is 0 Å². The van der Waals surface area contributed by atoms with Crippen molar-refractivity contribution in [2.45, 2.75) is 32.6 Å². The standard InChI is InChI=1S/C18H26N4O3/c1-14-15(11-19-13-20-14)17(24)21-7-4-18(5-8-21)10-16(23)22(12-18)6-3-9-25-2/h11,13H,3-10,12H2,1-2H3. The number of piperidine rings is 1. The summed E-state index contributed by atoms with van der Waals surface area (Å²) in [5, 5.41) is 0. The number of nitrogens with zero attached hydrogens (tertiary/aromatic N) is 4. The number of methoxy groups -OCH3 is 1. The average molecular weight is 346 g/mol. The van der Waals surface area contributed by atoms with Gasteiger partial charge >= 0.3 is 0 Å². The zero-order valence-corrected chi connectivity index (χ0v) is 15.0. The molecular weight excluding hydrogens is 320 g/mol. The Hall–Kier alpha value is -2.02. The van der Waals surface area contributed by atoms with Gasteiger partial charge < -0.3 is 14.5 Å². The number of aromatic nitrogens is 2. The highest BCUT2D eigenvalue weighted by Gasteiger charge is 2.45. The lowest BCUT2D eigenvalue weighted by Gasteiger charge is -2.38. The van der Waals surface area contributed by atoms with Crippen LogP contribution in [0.2, 0.25) is 0 Å². The lowest BCUT2D eigenvalue weighted by Crippen LogP contribution is -2.44. The molecule has 2 aliphatic heterocycles. The Morgan fingerprint density at radius 1 is 1.36 bits per heavy atom. The fourth-order valence-electron chi connectivity index (χ4n) is 3.88. The molecule has 1 spiro atoms. The summed E-state index contributed by atoms with van der Waals surface area (Å²) in [4.78, 5) is 36.9. The second-order valence-corrected chi connectivity index (χ2v) is 7.15. The monoisotopic (exact) mass is 346 g/mol. The molecule has 0 saturated carbocycles. The van der Waals surface area contributed by atoms with E-state index in [1.54, 1.807) is 13.3 Å². The van der Waals surface area contributed by atoms with Gasteiger partial charge in [0.25, 0.3) is 5.91 Å². The predicted molar refractivity (Wildman–Crippen MR) is 92.0 cm³/mol. The minimum atomic E-state index is -0.00535. The van der Waals surface area contributed by atoms with Gasteiger partial charge in [0.05, 0.1) is 11.3 Å². The average Bonchev–Trinajstić information content (AvgIpc) is 2.91. The van der Waals surface area contributed by atoms with Crippen molar-refractivity contribution < 1.29 is 14.3 Å². The summed E-state index contributed by atoms with van der Waals surface area (Å²) in [6.07, 6.45) is 6.27. The first-order valence-corrected chi connectivity index (χ1v) is 8.87. The van der Waals surface area contributed by atoms with E-state index in [0.29, 0.717) is 37.4 Å². The lowest BCUT2D eigenvalue weighted by atomic mass is 9.77. The number of carbonyl (C=O) groups is 2. The molecule has 3 rings (SSSR count). The Labute approximate surface area is 148 Å². The molecule has 7 heteroatoms. The van der Waals surface area contributed by atoms with E-state index in [0.717, 1.165) is 32.4 Å². The zero-order chi connectivity index (χ0) is 17.9. The summed E-state index contributed by atoms with van der Waals surface area (Å²) in [5.74, 6) is 0.234. The van der Waals surface area contributed by atoms with Gasteiger partial charge in [-0.25, -0.2) is 9.97 Å². The Morgan fingerprint density at radius 3 is 2.80 bits per heavy atom. The molecule has 0 aromatic carbocycles. The smallest absolute Gasteiger partial charge is 0.257 e. The van der Waals surface area contributed by atoms with E-state index in [9.17, 15) is 9.59 Å². The normalized spacial score (nSPS) is 19.7. The number of hydrogen-bond acceptors (Lipinski definition) is 5. The highest BCUT2D eigenvalue weighted by molar-refractivity contribution is 5.95. The van der Waals surface area contributed by atoms with Gasteiger partial charge in [-0.15, -0.1) is 0 Å². The Balaban J connectivity index is 1.58. The minimum absolute atomic E-state index is 0.00535. The number of hydrogen-bond donors (Lipinski definition) is 0. The molecule has 25 heavy (non-hydrogen) atoms. The first-order valence-electron chi connectivity index (χ1n) is 8.87. The molecule has 2 aliphatic rings. The fourth-order valence-corrected chi connectivity index (χ4v) is 3.88. The molecule has 0 N–H and O–H groups in total. The molecular formula is C18H26N4O3. The second kappa shape index (κ2) is 7.47. The number of likely N-dealkylation sites (tertiary alicyclic amines) is 2. The third-order valence-electron chi connectivity index (χ3n) is 5.43. The molecule has 0 bridgehead atoms. The number of ether oxygens (including phenoxy) is 1. The Kier molecular flexibility index (Phi) is 5.32. The summed E-state index contributed by atoms with van der Waals surface area (Å²) >= 11 is 0. The minimum Gasteiger partial charge on any atom is -0.385 e. The van der Waals surface area contributed by atoms with E-state index in [4.69, 9.17) is 4.74 Å². The Morgan fingerprint density at radius 2 is 2.12 bits per heavy atom. The van der Waals surface area contributed by atoms with Gasteiger partial charge in [-0.2, -0.15) is 0 Å². The molecule has 0 radical (unpaired) electrons. The maximum Gasteiger partial charge on any atom is 0.257 e. The van der Waals surface area contributed by atoms with Crippen molar-refractivity contribution in [2.24, 2.45) is 5.41 Å². The van der Waals surface area contributed by atoms with Gasteiger partial charge in [-0.3, -0.25) is 9.59 Å². The van der Waals surface area contributed by atoms with Crippen LogP contribution in [-0.2, 0) is 9.53 Å². The van der Waals surface area contributed by atoms with Crippen molar-refractivity contribution in [2.75, 3.05) is 39.9 Å². The summed E-state index contributed by atoms with van der Waals surface area (Å²) in [6, 6.07) is 0. The van der Waals surface area contributed by atoms with Crippen LogP contribution in [-0.4, -0.2) is 71.5 Å². The lowest BCUT2D eigenvalue weighted by molar-refractivity contribution is -0.128. The quantitative estimate of drug-likeness (QED) is 0.751. The maximum absolute atomic E-state index is 12.7. The highest BCUT2D eigenvalue weighted by atomic mass is 16.5. The van der Waals surface area contributed by atoms with E-state index in [1.807, 2.05) is 16.7 Å². The van der Waals surface area contributed by atoms with Crippen LogP contribution in [0.5, 0.6) is 0 Å². The van der Waals surface area contributed by atoms with Crippen LogP contribution in [0.1, 0.15) is 41.7 Å². The number of rotatable bonds is 5. The maximum atomic E-state index is 12.7. The third-order valence-corrected chi connectivity index (χ3v) is 5.43. The van der Waals surface area contributed by atoms with Crippen LogP contribution >= 0.6 is 0 Å². The van der Waals surface area contributed by atoms with Gasteiger partial charge in [0, 0.05) is 57.9 Å². The first-order chi connectivity index (χ1) is 12.0.